The summed E-state index contributed by atoms with van der Waals surface area (Å²) in [6.07, 6.45) is 2.00. The minimum atomic E-state index is -0.500. The molecule has 3 rings (SSSR count). The fourth-order valence-corrected chi connectivity index (χ4v) is 3.24. The van der Waals surface area contributed by atoms with E-state index in [-0.39, 0.29) is 29.9 Å². The maximum atomic E-state index is 12.6. The SMILES string of the molecule is COc1cc([N+](=O)[O-])ccc1NC(=O)CN1c2ccccc2CCC1C. The molecule has 1 heterocycles. The van der Waals surface area contributed by atoms with Gasteiger partial charge in [0.05, 0.1) is 30.3 Å². The molecule has 136 valence electrons. The molecule has 2 aromatic rings. The molecule has 0 aromatic heterocycles. The number of methoxy groups -OCH3 is 1. The molecule has 1 aliphatic rings. The number of para-hydroxylation sites is 1. The maximum Gasteiger partial charge on any atom is 0.273 e. The van der Waals surface area contributed by atoms with Gasteiger partial charge in [-0.05, 0) is 37.5 Å². The molecule has 1 unspecified atom stereocenters. The number of hydrogen-bond donors (Lipinski definition) is 1. The van der Waals surface area contributed by atoms with Crippen LogP contribution in [0.3, 0.4) is 0 Å². The molecular formula is C19H21N3O4. The smallest absolute Gasteiger partial charge is 0.273 e. The molecule has 0 fully saturated rings. The first kappa shape index (κ1) is 17.7. The number of non-ortho nitro benzene ring substituents is 1. The topological polar surface area (TPSA) is 84.7 Å². The second-order valence-corrected chi connectivity index (χ2v) is 6.33. The van der Waals surface area contributed by atoms with Crippen LogP contribution in [0.25, 0.3) is 0 Å². The van der Waals surface area contributed by atoms with Gasteiger partial charge < -0.3 is 15.0 Å². The molecule has 0 aliphatic carbocycles. The van der Waals surface area contributed by atoms with Gasteiger partial charge in [0.25, 0.3) is 5.69 Å². The number of nitro groups is 1. The zero-order valence-electron chi connectivity index (χ0n) is 14.8. The van der Waals surface area contributed by atoms with Crippen molar-refractivity contribution in [3.63, 3.8) is 0 Å². The Morgan fingerprint density at radius 2 is 2.12 bits per heavy atom. The van der Waals surface area contributed by atoms with E-state index >= 15 is 0 Å². The van der Waals surface area contributed by atoms with Crippen LogP contribution in [0.4, 0.5) is 17.1 Å². The maximum absolute atomic E-state index is 12.6. The average molecular weight is 355 g/mol. The fraction of sp³-hybridized carbons (Fsp3) is 0.316. The van der Waals surface area contributed by atoms with Gasteiger partial charge >= 0.3 is 0 Å². The third-order valence-electron chi connectivity index (χ3n) is 4.65. The van der Waals surface area contributed by atoms with E-state index in [0.29, 0.717) is 5.69 Å². The van der Waals surface area contributed by atoms with E-state index in [4.69, 9.17) is 4.74 Å². The van der Waals surface area contributed by atoms with Gasteiger partial charge in [-0.3, -0.25) is 14.9 Å². The summed E-state index contributed by atoms with van der Waals surface area (Å²) in [7, 11) is 1.41. The van der Waals surface area contributed by atoms with Gasteiger partial charge in [0.1, 0.15) is 5.75 Å². The standard InChI is InChI=1S/C19H21N3O4/c1-13-7-8-14-5-3-4-6-17(14)21(13)12-19(23)20-16-10-9-15(22(24)25)11-18(16)26-2/h3-6,9-11,13H,7-8,12H2,1-2H3,(H,20,23). The Labute approximate surface area is 151 Å². The Bertz CT molecular complexity index is 837. The number of hydrogen-bond acceptors (Lipinski definition) is 5. The Kier molecular flexibility index (Phi) is 5.06. The van der Waals surface area contributed by atoms with Crippen molar-refractivity contribution < 1.29 is 14.5 Å². The van der Waals surface area contributed by atoms with Crippen molar-refractivity contribution in [1.29, 1.82) is 0 Å². The number of nitrogens with one attached hydrogen (secondary N) is 1. The second-order valence-electron chi connectivity index (χ2n) is 6.33. The van der Waals surface area contributed by atoms with E-state index in [1.165, 1.54) is 30.9 Å². The first-order valence-electron chi connectivity index (χ1n) is 8.46. The van der Waals surface area contributed by atoms with Crippen LogP contribution in [0.5, 0.6) is 5.75 Å². The van der Waals surface area contributed by atoms with Crippen molar-refractivity contribution >= 4 is 23.0 Å². The summed E-state index contributed by atoms with van der Waals surface area (Å²) in [4.78, 5) is 25.0. The van der Waals surface area contributed by atoms with Gasteiger partial charge in [0.15, 0.2) is 0 Å². The average Bonchev–Trinajstić information content (AvgIpc) is 2.64. The summed E-state index contributed by atoms with van der Waals surface area (Å²) in [6, 6.07) is 12.5. The normalized spacial score (nSPS) is 15.9. The van der Waals surface area contributed by atoms with Crippen molar-refractivity contribution in [2.75, 3.05) is 23.9 Å². The van der Waals surface area contributed by atoms with Gasteiger partial charge in [-0.25, -0.2) is 0 Å². The lowest BCUT2D eigenvalue weighted by Gasteiger charge is -2.36. The first-order chi connectivity index (χ1) is 12.5. The van der Waals surface area contributed by atoms with Crippen molar-refractivity contribution in [2.45, 2.75) is 25.8 Å². The van der Waals surface area contributed by atoms with Crippen LogP contribution >= 0.6 is 0 Å². The van der Waals surface area contributed by atoms with Crippen molar-refractivity contribution in [3.05, 3.63) is 58.1 Å². The van der Waals surface area contributed by atoms with Crippen LogP contribution in [-0.4, -0.2) is 30.5 Å². The van der Waals surface area contributed by atoms with Gasteiger partial charge in [-0.15, -0.1) is 0 Å². The van der Waals surface area contributed by atoms with Crippen LogP contribution in [0, 0.1) is 10.1 Å². The van der Waals surface area contributed by atoms with E-state index in [0.717, 1.165) is 18.5 Å². The number of nitro benzene ring substituents is 1. The number of benzene rings is 2. The molecule has 0 spiro atoms. The third-order valence-corrected chi connectivity index (χ3v) is 4.65. The highest BCUT2D eigenvalue weighted by molar-refractivity contribution is 5.95. The number of fused-ring (bicyclic) bond motifs is 1. The number of anilines is 2. The molecule has 2 aromatic carbocycles. The molecule has 0 radical (unpaired) electrons. The number of carbonyl (C=O) groups excluding carboxylic acids is 1. The van der Waals surface area contributed by atoms with E-state index in [2.05, 4.69) is 23.2 Å². The highest BCUT2D eigenvalue weighted by Gasteiger charge is 2.25. The summed E-state index contributed by atoms with van der Waals surface area (Å²) in [6.45, 7) is 2.31. The Balaban J connectivity index is 1.76. The van der Waals surface area contributed by atoms with Crippen LogP contribution in [0.15, 0.2) is 42.5 Å². The summed E-state index contributed by atoms with van der Waals surface area (Å²) >= 11 is 0. The van der Waals surface area contributed by atoms with Crippen molar-refractivity contribution in [1.82, 2.24) is 0 Å². The molecule has 26 heavy (non-hydrogen) atoms. The van der Waals surface area contributed by atoms with E-state index < -0.39 is 4.92 Å². The van der Waals surface area contributed by atoms with Crippen LogP contribution in [0.1, 0.15) is 18.9 Å². The molecular weight excluding hydrogens is 334 g/mol. The van der Waals surface area contributed by atoms with Crippen LogP contribution < -0.4 is 15.0 Å². The monoisotopic (exact) mass is 355 g/mol. The molecule has 1 amide bonds. The lowest BCUT2D eigenvalue weighted by molar-refractivity contribution is -0.384. The number of rotatable bonds is 5. The molecule has 1 N–H and O–H groups in total. The van der Waals surface area contributed by atoms with Crippen LogP contribution in [0.2, 0.25) is 0 Å². The van der Waals surface area contributed by atoms with E-state index in [1.807, 2.05) is 18.2 Å². The second kappa shape index (κ2) is 7.43. The predicted molar refractivity (Wildman–Crippen MR) is 99.8 cm³/mol. The lowest BCUT2D eigenvalue weighted by Crippen LogP contribution is -2.42. The largest absolute Gasteiger partial charge is 0.494 e. The molecule has 0 bridgehead atoms. The first-order valence-corrected chi connectivity index (χ1v) is 8.46. The molecule has 0 saturated heterocycles. The Morgan fingerprint density at radius 1 is 1.35 bits per heavy atom. The van der Waals surface area contributed by atoms with Crippen LogP contribution in [-0.2, 0) is 11.2 Å². The van der Waals surface area contributed by atoms with Gasteiger partial charge in [0.2, 0.25) is 5.91 Å². The zero-order chi connectivity index (χ0) is 18.7. The third kappa shape index (κ3) is 3.61. The van der Waals surface area contributed by atoms with Crippen molar-refractivity contribution in [3.8, 4) is 5.75 Å². The minimum absolute atomic E-state index is 0.0848. The highest BCUT2D eigenvalue weighted by atomic mass is 16.6. The summed E-state index contributed by atoms with van der Waals surface area (Å²) in [5.74, 6) is 0.0698. The number of carbonyl (C=O) groups is 1. The van der Waals surface area contributed by atoms with Gasteiger partial charge in [-0.1, -0.05) is 18.2 Å². The number of nitrogens with zero attached hydrogens (tertiary/aromatic N) is 2. The van der Waals surface area contributed by atoms with E-state index in [9.17, 15) is 14.9 Å². The summed E-state index contributed by atoms with van der Waals surface area (Å²) in [5, 5.41) is 13.7. The number of aryl methyl sites for hydroxylation is 1. The zero-order valence-corrected chi connectivity index (χ0v) is 14.8. The van der Waals surface area contributed by atoms with E-state index in [1.54, 1.807) is 0 Å². The molecule has 0 saturated carbocycles. The number of ether oxygens (including phenoxy) is 1. The minimum Gasteiger partial charge on any atom is -0.494 e. The Hall–Kier alpha value is -3.09. The lowest BCUT2D eigenvalue weighted by atomic mass is 9.96. The quantitative estimate of drug-likeness (QED) is 0.656. The molecule has 1 atom stereocenters. The molecule has 7 nitrogen and oxygen atoms in total. The molecule has 7 heteroatoms. The fourth-order valence-electron chi connectivity index (χ4n) is 3.24. The van der Waals surface area contributed by atoms with Gasteiger partial charge in [-0.2, -0.15) is 0 Å². The van der Waals surface area contributed by atoms with Gasteiger partial charge in [0, 0.05) is 17.8 Å². The number of amides is 1. The highest BCUT2D eigenvalue weighted by Crippen LogP contribution is 2.31. The predicted octanol–water partition coefficient (Wildman–Crippen LogP) is 3.38. The Morgan fingerprint density at radius 3 is 2.85 bits per heavy atom. The summed E-state index contributed by atoms with van der Waals surface area (Å²) < 4.78 is 5.17. The molecule has 1 aliphatic heterocycles. The van der Waals surface area contributed by atoms with Crippen molar-refractivity contribution in [2.24, 2.45) is 0 Å². The summed E-state index contributed by atoms with van der Waals surface area (Å²) in [5.41, 5.74) is 2.66.